The molecule has 4 rings (SSSR count). The summed E-state index contributed by atoms with van der Waals surface area (Å²) in [6.07, 6.45) is 3.29. The Labute approximate surface area is 179 Å². The number of hydrogen-bond acceptors (Lipinski definition) is 4. The molecule has 0 saturated carbocycles. The van der Waals surface area contributed by atoms with E-state index in [9.17, 15) is 9.18 Å². The molecule has 5 nitrogen and oxygen atoms in total. The topological polar surface area (TPSA) is 54.7 Å². The fourth-order valence-electron chi connectivity index (χ4n) is 3.49. The van der Waals surface area contributed by atoms with Crippen LogP contribution in [0.1, 0.15) is 29.0 Å². The van der Waals surface area contributed by atoms with Crippen molar-refractivity contribution in [2.24, 2.45) is 0 Å². The minimum Gasteiger partial charge on any atom is -0.489 e. The van der Waals surface area contributed by atoms with Crippen LogP contribution in [-0.2, 0) is 6.54 Å². The third-order valence-corrected chi connectivity index (χ3v) is 5.38. The number of anilines is 1. The largest absolute Gasteiger partial charge is 0.489 e. The summed E-state index contributed by atoms with van der Waals surface area (Å²) in [6.45, 7) is 2.60. The van der Waals surface area contributed by atoms with E-state index in [4.69, 9.17) is 20.8 Å². The van der Waals surface area contributed by atoms with E-state index in [1.165, 1.54) is 18.4 Å². The molecule has 1 N–H and O–H groups in total. The SMILES string of the molecule is O=C(Nc1ccc(OC2CCN(Cc3ccc(F)cc3)CC2)c(Cl)c1)c1ccco1. The summed E-state index contributed by atoms with van der Waals surface area (Å²) in [5.74, 6) is 0.288. The van der Waals surface area contributed by atoms with Gasteiger partial charge in [-0.05, 0) is 60.9 Å². The fourth-order valence-corrected chi connectivity index (χ4v) is 3.71. The van der Waals surface area contributed by atoms with Crippen molar-refractivity contribution in [3.8, 4) is 5.75 Å². The molecule has 0 atom stereocenters. The number of piperidine rings is 1. The van der Waals surface area contributed by atoms with Gasteiger partial charge in [0.2, 0.25) is 0 Å². The Bertz CT molecular complexity index is 984. The van der Waals surface area contributed by atoms with Gasteiger partial charge in [-0.25, -0.2) is 4.39 Å². The van der Waals surface area contributed by atoms with E-state index in [1.54, 1.807) is 30.3 Å². The molecule has 1 saturated heterocycles. The highest BCUT2D eigenvalue weighted by molar-refractivity contribution is 6.32. The number of likely N-dealkylation sites (tertiary alicyclic amines) is 1. The molecule has 0 bridgehead atoms. The number of ether oxygens (including phenoxy) is 1. The van der Waals surface area contributed by atoms with Crippen molar-refractivity contribution in [3.05, 3.63) is 83.0 Å². The first-order chi connectivity index (χ1) is 14.6. The smallest absolute Gasteiger partial charge is 0.291 e. The molecule has 0 spiro atoms. The minimum absolute atomic E-state index is 0.0792. The van der Waals surface area contributed by atoms with E-state index in [0.717, 1.165) is 38.0 Å². The van der Waals surface area contributed by atoms with Gasteiger partial charge in [0.25, 0.3) is 5.91 Å². The van der Waals surface area contributed by atoms with Gasteiger partial charge in [0.1, 0.15) is 17.7 Å². The molecule has 2 heterocycles. The summed E-state index contributed by atoms with van der Waals surface area (Å²) in [4.78, 5) is 14.4. The maximum atomic E-state index is 13.0. The number of amides is 1. The molecule has 1 amide bonds. The zero-order chi connectivity index (χ0) is 20.9. The van der Waals surface area contributed by atoms with E-state index in [2.05, 4.69) is 10.2 Å². The molecule has 0 unspecified atom stereocenters. The quantitative estimate of drug-likeness (QED) is 0.573. The lowest BCUT2D eigenvalue weighted by atomic mass is 10.1. The summed E-state index contributed by atoms with van der Waals surface area (Å²) in [6, 6.07) is 15.1. The Hall–Kier alpha value is -2.83. The van der Waals surface area contributed by atoms with E-state index in [-0.39, 0.29) is 23.6 Å². The van der Waals surface area contributed by atoms with Gasteiger partial charge in [-0.3, -0.25) is 9.69 Å². The zero-order valence-corrected chi connectivity index (χ0v) is 17.1. The maximum Gasteiger partial charge on any atom is 0.291 e. The standard InChI is InChI=1S/C23H22ClFN2O3/c24-20-14-18(26-23(28)22-2-1-13-29-22)7-8-21(20)30-19-9-11-27(12-10-19)15-16-3-5-17(25)6-4-16/h1-8,13-14,19H,9-12,15H2,(H,26,28). The van der Waals surface area contributed by atoms with Gasteiger partial charge in [-0.2, -0.15) is 0 Å². The van der Waals surface area contributed by atoms with Gasteiger partial charge in [0.05, 0.1) is 11.3 Å². The van der Waals surface area contributed by atoms with Gasteiger partial charge >= 0.3 is 0 Å². The first kappa shape index (κ1) is 20.4. The average molecular weight is 429 g/mol. The summed E-state index contributed by atoms with van der Waals surface area (Å²) in [5, 5.41) is 3.19. The number of carbonyl (C=O) groups excluding carboxylic acids is 1. The van der Waals surface area contributed by atoms with Gasteiger partial charge < -0.3 is 14.5 Å². The number of benzene rings is 2. The average Bonchev–Trinajstić information content (AvgIpc) is 3.28. The molecule has 1 aliphatic rings. The lowest BCUT2D eigenvalue weighted by Gasteiger charge is -2.32. The molecule has 3 aromatic rings. The van der Waals surface area contributed by atoms with Crippen molar-refractivity contribution in [2.45, 2.75) is 25.5 Å². The normalized spacial score (nSPS) is 15.1. The third kappa shape index (κ3) is 5.20. The highest BCUT2D eigenvalue weighted by atomic mass is 35.5. The van der Waals surface area contributed by atoms with Gasteiger partial charge in [0.15, 0.2) is 5.76 Å². The van der Waals surface area contributed by atoms with Crippen LogP contribution in [0.2, 0.25) is 5.02 Å². The second-order valence-corrected chi connectivity index (χ2v) is 7.70. The van der Waals surface area contributed by atoms with Crippen LogP contribution in [0.25, 0.3) is 0 Å². The van der Waals surface area contributed by atoms with E-state index >= 15 is 0 Å². The minimum atomic E-state index is -0.335. The Morgan fingerprint density at radius 2 is 1.93 bits per heavy atom. The van der Waals surface area contributed by atoms with Crippen molar-refractivity contribution in [3.63, 3.8) is 0 Å². The van der Waals surface area contributed by atoms with Crippen LogP contribution < -0.4 is 10.1 Å². The van der Waals surface area contributed by atoms with Gasteiger partial charge in [-0.15, -0.1) is 0 Å². The molecule has 1 fully saturated rings. The number of nitrogens with one attached hydrogen (secondary N) is 1. The summed E-state index contributed by atoms with van der Waals surface area (Å²) < 4.78 is 24.2. The first-order valence-corrected chi connectivity index (χ1v) is 10.2. The molecule has 1 aliphatic heterocycles. The Morgan fingerprint density at radius 1 is 1.17 bits per heavy atom. The lowest BCUT2D eigenvalue weighted by Crippen LogP contribution is -2.37. The van der Waals surface area contributed by atoms with Crippen molar-refractivity contribution in [1.82, 2.24) is 4.90 Å². The molecule has 0 aliphatic carbocycles. The molecule has 0 radical (unpaired) electrons. The number of hydrogen-bond donors (Lipinski definition) is 1. The summed E-state index contributed by atoms with van der Waals surface area (Å²) >= 11 is 6.36. The fraction of sp³-hybridized carbons (Fsp3) is 0.261. The molecule has 1 aromatic heterocycles. The molecule has 7 heteroatoms. The van der Waals surface area contributed by atoms with Crippen LogP contribution in [0.5, 0.6) is 5.75 Å². The van der Waals surface area contributed by atoms with E-state index < -0.39 is 0 Å². The summed E-state index contributed by atoms with van der Waals surface area (Å²) in [5.41, 5.74) is 1.67. The van der Waals surface area contributed by atoms with Crippen LogP contribution >= 0.6 is 11.6 Å². The number of carbonyl (C=O) groups is 1. The predicted molar refractivity (Wildman–Crippen MR) is 113 cm³/mol. The number of halogens is 2. The Kier molecular flexibility index (Phi) is 6.35. The van der Waals surface area contributed by atoms with Gasteiger partial charge in [0, 0.05) is 25.3 Å². The third-order valence-electron chi connectivity index (χ3n) is 5.08. The van der Waals surface area contributed by atoms with Crippen LogP contribution in [0.3, 0.4) is 0 Å². The molecule has 30 heavy (non-hydrogen) atoms. The lowest BCUT2D eigenvalue weighted by molar-refractivity contribution is 0.0967. The van der Waals surface area contributed by atoms with Crippen LogP contribution in [0, 0.1) is 5.82 Å². The van der Waals surface area contributed by atoms with Crippen LogP contribution in [0.15, 0.2) is 65.3 Å². The van der Waals surface area contributed by atoms with Crippen LogP contribution in [0.4, 0.5) is 10.1 Å². The number of furan rings is 1. The highest BCUT2D eigenvalue weighted by Gasteiger charge is 2.21. The molecular weight excluding hydrogens is 407 g/mol. The Balaban J connectivity index is 1.28. The zero-order valence-electron chi connectivity index (χ0n) is 16.3. The van der Waals surface area contributed by atoms with Crippen molar-refractivity contribution >= 4 is 23.2 Å². The second-order valence-electron chi connectivity index (χ2n) is 7.30. The predicted octanol–water partition coefficient (Wildman–Crippen LogP) is 5.37. The number of nitrogens with zero attached hydrogens (tertiary/aromatic N) is 1. The molecule has 156 valence electrons. The van der Waals surface area contributed by atoms with Crippen molar-refractivity contribution in [2.75, 3.05) is 18.4 Å². The first-order valence-electron chi connectivity index (χ1n) is 9.85. The Morgan fingerprint density at radius 3 is 2.60 bits per heavy atom. The molecular formula is C23H22ClFN2O3. The van der Waals surface area contributed by atoms with Crippen LogP contribution in [-0.4, -0.2) is 30.0 Å². The highest BCUT2D eigenvalue weighted by Crippen LogP contribution is 2.30. The van der Waals surface area contributed by atoms with Gasteiger partial charge in [-0.1, -0.05) is 23.7 Å². The van der Waals surface area contributed by atoms with E-state index in [1.807, 2.05) is 12.1 Å². The van der Waals surface area contributed by atoms with E-state index in [0.29, 0.717) is 16.5 Å². The summed E-state index contributed by atoms with van der Waals surface area (Å²) in [7, 11) is 0. The van der Waals surface area contributed by atoms with Crippen molar-refractivity contribution in [1.29, 1.82) is 0 Å². The number of rotatable bonds is 6. The molecule has 2 aromatic carbocycles. The second kappa shape index (κ2) is 9.32. The monoisotopic (exact) mass is 428 g/mol. The maximum absolute atomic E-state index is 13.0. The van der Waals surface area contributed by atoms with Crippen molar-refractivity contribution < 1.29 is 18.3 Å².